The Morgan fingerprint density at radius 2 is 1.92 bits per heavy atom. The number of carboxylic acid groups (broad SMARTS) is 1. The Kier molecular flexibility index (Phi) is 5.66. The lowest BCUT2D eigenvalue weighted by Gasteiger charge is -2.20. The van der Waals surface area contributed by atoms with Gasteiger partial charge in [0, 0.05) is 19.2 Å². The van der Waals surface area contributed by atoms with Crippen LogP contribution in [0.1, 0.15) is 20.8 Å². The third-order valence-corrected chi connectivity index (χ3v) is 2.31. The molecule has 0 spiro atoms. The van der Waals surface area contributed by atoms with Crippen LogP contribution >= 0.6 is 0 Å². The molecule has 0 saturated carbocycles. The molecule has 78 valence electrons. The molecule has 0 radical (unpaired) electrons. The lowest BCUT2D eigenvalue weighted by Crippen LogP contribution is -2.38. The minimum Gasteiger partial charge on any atom is -0.481 e. The highest BCUT2D eigenvalue weighted by atomic mass is 16.4. The van der Waals surface area contributed by atoms with Gasteiger partial charge in [-0.05, 0) is 12.8 Å². The van der Waals surface area contributed by atoms with Gasteiger partial charge in [0.25, 0.3) is 0 Å². The Bertz CT molecular complexity index is 161. The van der Waals surface area contributed by atoms with Gasteiger partial charge in [0.2, 0.25) is 0 Å². The largest absolute Gasteiger partial charge is 0.481 e. The van der Waals surface area contributed by atoms with Crippen molar-refractivity contribution in [3.63, 3.8) is 0 Å². The zero-order chi connectivity index (χ0) is 10.4. The summed E-state index contributed by atoms with van der Waals surface area (Å²) in [6.45, 7) is 6.08. The fourth-order valence-electron chi connectivity index (χ4n) is 0.809. The lowest BCUT2D eigenvalue weighted by molar-refractivity contribution is -0.141. The van der Waals surface area contributed by atoms with Crippen molar-refractivity contribution in [2.24, 2.45) is 11.8 Å². The maximum atomic E-state index is 10.5. The Morgan fingerprint density at radius 1 is 1.38 bits per heavy atom. The van der Waals surface area contributed by atoms with E-state index in [-0.39, 0.29) is 24.5 Å². The molecule has 13 heavy (non-hydrogen) atoms. The molecule has 0 amide bonds. The number of aliphatic hydroxyl groups is 1. The number of carboxylic acids is 1. The highest BCUT2D eigenvalue weighted by molar-refractivity contribution is 5.69. The summed E-state index contributed by atoms with van der Waals surface area (Å²) in [4.78, 5) is 10.5. The zero-order valence-corrected chi connectivity index (χ0v) is 8.45. The quantitative estimate of drug-likeness (QED) is 0.562. The summed E-state index contributed by atoms with van der Waals surface area (Å²) in [7, 11) is 0. The molecule has 0 rings (SSSR count). The van der Waals surface area contributed by atoms with E-state index in [1.54, 1.807) is 6.92 Å². The molecule has 0 bridgehead atoms. The summed E-state index contributed by atoms with van der Waals surface area (Å²) >= 11 is 0. The molecule has 3 N–H and O–H groups in total. The maximum Gasteiger partial charge on any atom is 0.307 e. The van der Waals surface area contributed by atoms with E-state index in [2.05, 4.69) is 5.32 Å². The first-order valence-corrected chi connectivity index (χ1v) is 4.56. The molecule has 3 atom stereocenters. The first-order valence-electron chi connectivity index (χ1n) is 4.56. The second kappa shape index (κ2) is 5.94. The van der Waals surface area contributed by atoms with Crippen LogP contribution in [0.3, 0.4) is 0 Å². The molecular weight excluding hydrogens is 170 g/mol. The van der Waals surface area contributed by atoms with Crippen LogP contribution in [-0.4, -0.2) is 35.4 Å². The van der Waals surface area contributed by atoms with Gasteiger partial charge in [-0.1, -0.05) is 13.8 Å². The van der Waals surface area contributed by atoms with Gasteiger partial charge in [-0.2, -0.15) is 0 Å². The fraction of sp³-hybridized carbons (Fsp3) is 0.889. The van der Waals surface area contributed by atoms with Crippen LogP contribution in [0.4, 0.5) is 0 Å². The van der Waals surface area contributed by atoms with Crippen LogP contribution in [0, 0.1) is 11.8 Å². The van der Waals surface area contributed by atoms with Crippen molar-refractivity contribution in [1.29, 1.82) is 0 Å². The van der Waals surface area contributed by atoms with Crippen molar-refractivity contribution in [2.45, 2.75) is 26.8 Å². The van der Waals surface area contributed by atoms with Gasteiger partial charge in [-0.25, -0.2) is 0 Å². The van der Waals surface area contributed by atoms with Gasteiger partial charge in [-0.15, -0.1) is 0 Å². The maximum absolute atomic E-state index is 10.5. The minimum absolute atomic E-state index is 0.121. The summed E-state index contributed by atoms with van der Waals surface area (Å²) in [6.07, 6.45) is 0. The van der Waals surface area contributed by atoms with Gasteiger partial charge in [0.15, 0.2) is 0 Å². The predicted octanol–water partition coefficient (Wildman–Crippen LogP) is 0.314. The molecule has 0 aromatic rings. The molecule has 4 nitrogen and oxygen atoms in total. The van der Waals surface area contributed by atoms with E-state index in [4.69, 9.17) is 10.2 Å². The number of nitrogens with one attached hydrogen (secondary N) is 1. The van der Waals surface area contributed by atoms with E-state index in [9.17, 15) is 4.79 Å². The lowest BCUT2D eigenvalue weighted by atomic mass is 10.0. The number of aliphatic carboxylic acids is 1. The summed E-state index contributed by atoms with van der Waals surface area (Å²) in [5.74, 6) is -1.02. The molecular formula is C9H19NO3. The van der Waals surface area contributed by atoms with Crippen molar-refractivity contribution in [2.75, 3.05) is 13.2 Å². The van der Waals surface area contributed by atoms with Crippen LogP contribution in [0.25, 0.3) is 0 Å². The van der Waals surface area contributed by atoms with Gasteiger partial charge in [-0.3, -0.25) is 4.79 Å². The average molecular weight is 189 g/mol. The van der Waals surface area contributed by atoms with Crippen molar-refractivity contribution >= 4 is 5.97 Å². The molecule has 0 heterocycles. The number of carbonyl (C=O) groups is 1. The average Bonchev–Trinajstić information content (AvgIpc) is 2.11. The van der Waals surface area contributed by atoms with Crippen LogP contribution in [0.15, 0.2) is 0 Å². The Hall–Kier alpha value is -0.610. The summed E-state index contributed by atoms with van der Waals surface area (Å²) in [6, 6.07) is 0.145. The molecule has 0 fully saturated rings. The predicted molar refractivity (Wildman–Crippen MR) is 50.5 cm³/mol. The molecule has 4 heteroatoms. The van der Waals surface area contributed by atoms with Crippen molar-refractivity contribution in [3.8, 4) is 0 Å². The van der Waals surface area contributed by atoms with Crippen LogP contribution < -0.4 is 5.32 Å². The molecule has 3 unspecified atom stereocenters. The van der Waals surface area contributed by atoms with E-state index < -0.39 is 5.97 Å². The van der Waals surface area contributed by atoms with E-state index in [0.29, 0.717) is 6.54 Å². The Balaban J connectivity index is 3.69. The van der Waals surface area contributed by atoms with Gasteiger partial charge < -0.3 is 15.5 Å². The normalized spacial score (nSPS) is 17.8. The third kappa shape index (κ3) is 4.85. The second-order valence-electron chi connectivity index (χ2n) is 3.60. The molecule has 0 aliphatic rings. The van der Waals surface area contributed by atoms with E-state index in [1.807, 2.05) is 13.8 Å². The highest BCUT2D eigenvalue weighted by Gasteiger charge is 2.14. The fourth-order valence-corrected chi connectivity index (χ4v) is 0.809. The smallest absolute Gasteiger partial charge is 0.307 e. The van der Waals surface area contributed by atoms with Gasteiger partial charge in [0.1, 0.15) is 0 Å². The topological polar surface area (TPSA) is 69.6 Å². The van der Waals surface area contributed by atoms with Crippen LogP contribution in [0.2, 0.25) is 0 Å². The first kappa shape index (κ1) is 12.4. The first-order chi connectivity index (χ1) is 5.99. The number of hydrogen-bond donors (Lipinski definition) is 3. The summed E-state index contributed by atoms with van der Waals surface area (Å²) in [5.41, 5.74) is 0. The van der Waals surface area contributed by atoms with E-state index in [0.717, 1.165) is 0 Å². The molecule has 0 aromatic heterocycles. The standard InChI is InChI=1S/C9H19NO3/c1-6(9(12)13)4-10-8(3)7(2)5-11/h6-8,10-11H,4-5H2,1-3H3,(H,12,13). The highest BCUT2D eigenvalue weighted by Crippen LogP contribution is 2.01. The van der Waals surface area contributed by atoms with E-state index in [1.165, 1.54) is 0 Å². The monoisotopic (exact) mass is 189 g/mol. The summed E-state index contributed by atoms with van der Waals surface area (Å²) < 4.78 is 0. The molecule has 0 aliphatic heterocycles. The minimum atomic E-state index is -0.795. The number of aliphatic hydroxyl groups excluding tert-OH is 1. The van der Waals surface area contributed by atoms with Gasteiger partial charge in [0.05, 0.1) is 5.92 Å². The molecule has 0 aromatic carbocycles. The van der Waals surface area contributed by atoms with Crippen molar-refractivity contribution in [3.05, 3.63) is 0 Å². The third-order valence-electron chi connectivity index (χ3n) is 2.31. The summed E-state index contributed by atoms with van der Waals surface area (Å²) in [5, 5.41) is 20.5. The van der Waals surface area contributed by atoms with E-state index >= 15 is 0 Å². The van der Waals surface area contributed by atoms with Gasteiger partial charge >= 0.3 is 5.97 Å². The molecule has 0 saturated heterocycles. The van der Waals surface area contributed by atoms with Crippen molar-refractivity contribution in [1.82, 2.24) is 5.32 Å². The number of hydrogen-bond acceptors (Lipinski definition) is 3. The SMILES string of the molecule is CC(CNC(C)C(C)CO)C(=O)O. The Labute approximate surface area is 79.0 Å². The van der Waals surface area contributed by atoms with Crippen LogP contribution in [0.5, 0.6) is 0 Å². The van der Waals surface area contributed by atoms with Crippen molar-refractivity contribution < 1.29 is 15.0 Å². The molecule has 0 aliphatic carbocycles. The second-order valence-corrected chi connectivity index (χ2v) is 3.60. The zero-order valence-electron chi connectivity index (χ0n) is 8.45. The Morgan fingerprint density at radius 3 is 2.31 bits per heavy atom. The number of rotatable bonds is 6. The van der Waals surface area contributed by atoms with Crippen LogP contribution in [-0.2, 0) is 4.79 Å².